The van der Waals surface area contributed by atoms with Crippen molar-refractivity contribution in [2.45, 2.75) is 64.1 Å². The number of anilines is 3. The van der Waals surface area contributed by atoms with Gasteiger partial charge in [-0.1, -0.05) is 6.42 Å². The van der Waals surface area contributed by atoms with Crippen LogP contribution in [0.2, 0.25) is 0 Å². The van der Waals surface area contributed by atoms with Crippen LogP contribution < -0.4 is 55.2 Å². The summed E-state index contributed by atoms with van der Waals surface area (Å²) in [5.74, 6) is 0.298. The number of hydrazine groups is 1. The fraction of sp³-hybridized carbons (Fsp3) is 0.295. The van der Waals surface area contributed by atoms with Gasteiger partial charge in [0.05, 0.1) is 30.5 Å². The highest BCUT2D eigenvalue weighted by Gasteiger charge is 2.24. The van der Waals surface area contributed by atoms with Gasteiger partial charge in [-0.15, -0.1) is 5.10 Å². The molecule has 1 aliphatic heterocycles. The summed E-state index contributed by atoms with van der Waals surface area (Å²) in [5.41, 5.74) is 22.2. The maximum atomic E-state index is 13.4. The van der Waals surface area contributed by atoms with E-state index in [1.54, 1.807) is 36.7 Å². The number of nitrogens with two attached hydrogens (primary N) is 4. The zero-order valence-corrected chi connectivity index (χ0v) is 37.7. The predicted molar refractivity (Wildman–Crippen MR) is 254 cm³/mol. The Morgan fingerprint density at radius 2 is 1.61 bits per heavy atom. The number of unbranched alkanes of at least 4 members (excludes halogenated alkanes) is 2. The van der Waals surface area contributed by atoms with Crippen molar-refractivity contribution in [2.24, 2.45) is 16.7 Å². The van der Waals surface area contributed by atoms with Crippen LogP contribution in [0.5, 0.6) is 0 Å². The number of hydrogen-bond donors (Lipinski definition) is 11. The van der Waals surface area contributed by atoms with Crippen molar-refractivity contribution in [3.63, 3.8) is 0 Å². The highest BCUT2D eigenvalue weighted by molar-refractivity contribution is 6.13. The summed E-state index contributed by atoms with van der Waals surface area (Å²) in [5, 5.41) is 27.2. The summed E-state index contributed by atoms with van der Waals surface area (Å²) < 4.78 is 1.89. The van der Waals surface area contributed by atoms with E-state index in [9.17, 15) is 43.5 Å². The average Bonchev–Trinajstić information content (AvgIpc) is 3.88. The van der Waals surface area contributed by atoms with Gasteiger partial charge >= 0.3 is 5.97 Å². The van der Waals surface area contributed by atoms with E-state index in [2.05, 4.69) is 51.6 Å². The van der Waals surface area contributed by atoms with Crippen LogP contribution in [0.3, 0.4) is 0 Å². The molecule has 0 aliphatic carbocycles. The Bertz CT molecular complexity index is 2900. The second-order valence-electron chi connectivity index (χ2n) is 15.9. The lowest BCUT2D eigenvalue weighted by Gasteiger charge is -2.17. The minimum atomic E-state index is -1.29. The Morgan fingerprint density at radius 3 is 2.36 bits per heavy atom. The molecule has 0 fully saturated rings. The second-order valence-corrected chi connectivity index (χ2v) is 15.9. The van der Waals surface area contributed by atoms with Gasteiger partial charge < -0.3 is 53.5 Å². The molecule has 70 heavy (non-hydrogen) atoms. The van der Waals surface area contributed by atoms with Crippen LogP contribution in [-0.2, 0) is 35.3 Å². The van der Waals surface area contributed by atoms with Crippen molar-refractivity contribution in [1.82, 2.24) is 56.2 Å². The molecule has 0 bridgehead atoms. The molecule has 26 heteroatoms. The number of rotatable bonds is 23. The summed E-state index contributed by atoms with van der Waals surface area (Å²) in [7, 11) is 0. The van der Waals surface area contributed by atoms with Crippen LogP contribution in [0, 0.1) is 0 Å². The van der Waals surface area contributed by atoms with Crippen LogP contribution in [0.4, 0.5) is 17.5 Å². The van der Waals surface area contributed by atoms with Crippen molar-refractivity contribution < 1.29 is 43.5 Å². The van der Waals surface area contributed by atoms with Gasteiger partial charge in [0.25, 0.3) is 23.6 Å². The molecule has 2 atom stereocenters. The smallest absolute Gasteiger partial charge is 0.326 e. The fourth-order valence-electron chi connectivity index (χ4n) is 7.24. The SMILES string of the molecule is CC(NC(=O)CNC(=O)CCCCCN1C(=O)C=CC1=O)C(=O)Nc1ccc(C(=O)NCCCC(NC(=O)c2ccc3c(ccn3Cc3cnc4nc(N)nc(N)c4n3)c2)C(=O)O)c(/C(N)=N/NN)c1. The zero-order valence-electron chi connectivity index (χ0n) is 37.7. The van der Waals surface area contributed by atoms with E-state index < -0.39 is 41.7 Å². The van der Waals surface area contributed by atoms with Crippen LogP contribution >= 0.6 is 0 Å². The molecule has 6 rings (SSSR count). The molecule has 5 aromatic rings. The number of amides is 7. The molecule has 2 unspecified atom stereocenters. The maximum absolute atomic E-state index is 13.4. The molecule has 0 saturated heterocycles. The molecular weight excluding hydrogens is 911 g/mol. The first-order valence-electron chi connectivity index (χ1n) is 21.8. The summed E-state index contributed by atoms with van der Waals surface area (Å²) in [6.45, 7) is 1.60. The van der Waals surface area contributed by atoms with E-state index in [0.717, 1.165) is 10.4 Å². The number of amidine groups is 1. The third-order valence-corrected chi connectivity index (χ3v) is 10.8. The van der Waals surface area contributed by atoms with Crippen LogP contribution in [-0.4, -0.2) is 119 Å². The summed E-state index contributed by atoms with van der Waals surface area (Å²) in [6, 6.07) is 8.52. The van der Waals surface area contributed by atoms with Crippen LogP contribution in [0.25, 0.3) is 22.1 Å². The number of aliphatic carboxylic acids is 1. The van der Waals surface area contributed by atoms with Crippen molar-refractivity contribution in [2.75, 3.05) is 36.4 Å². The molecule has 1 aliphatic rings. The Labute approximate surface area is 398 Å². The molecule has 366 valence electrons. The maximum Gasteiger partial charge on any atom is 0.326 e. The standard InChI is InChI=1S/C44H51N17O9/c1-23(52-33(63)21-50-32(62)7-3-2-4-16-61-34(64)12-13-35(61)65)40(66)54-26-9-10-28(29(19-26)37(45)58-59-48)42(68)49-15-5-6-30(43(69)70)55-41(67)25-8-11-31-24(18-25)14-17-60(31)22-27-20-51-39-36(53-27)38(46)56-44(47)57-39/h8-14,17-20,23,30,59H,2-7,15-16,21-22,48H2,1H3,(H2,45,58)(H,49,68)(H,50,62)(H,52,63)(H,54,66)(H,55,67)(H,69,70)(H4,46,47,51,56,57). The molecule has 15 N–H and O–H groups in total. The topological polar surface area (TPSA) is 405 Å². The van der Waals surface area contributed by atoms with E-state index in [-0.39, 0.29) is 102 Å². The van der Waals surface area contributed by atoms with Gasteiger partial charge in [0.15, 0.2) is 22.8 Å². The Kier molecular flexibility index (Phi) is 16.6. The lowest BCUT2D eigenvalue weighted by atomic mass is 10.0. The highest BCUT2D eigenvalue weighted by atomic mass is 16.4. The quantitative estimate of drug-likeness (QED) is 0.00944. The number of aromatic nitrogens is 5. The number of nitrogens with zero attached hydrogens (tertiary/aromatic N) is 7. The number of carboxylic acid groups (broad SMARTS) is 1. The van der Waals surface area contributed by atoms with Gasteiger partial charge in [-0.05, 0) is 75.1 Å². The number of carbonyl (C=O) groups excluding carboxylic acids is 7. The summed E-state index contributed by atoms with van der Waals surface area (Å²) >= 11 is 0. The fourth-order valence-corrected chi connectivity index (χ4v) is 7.24. The van der Waals surface area contributed by atoms with Gasteiger partial charge in [-0.2, -0.15) is 9.97 Å². The third kappa shape index (κ3) is 13.1. The first-order valence-corrected chi connectivity index (χ1v) is 21.8. The van der Waals surface area contributed by atoms with E-state index in [1.165, 1.54) is 37.3 Å². The van der Waals surface area contributed by atoms with E-state index in [4.69, 9.17) is 23.0 Å². The number of carbonyl (C=O) groups is 8. The average molecular weight is 962 g/mol. The Balaban J connectivity index is 0.951. The summed E-state index contributed by atoms with van der Waals surface area (Å²) in [6.07, 6.45) is 7.56. The first kappa shape index (κ1) is 50.3. The second kappa shape index (κ2) is 23.1. The van der Waals surface area contributed by atoms with E-state index in [0.29, 0.717) is 42.4 Å². The lowest BCUT2D eigenvalue weighted by Crippen LogP contribution is -2.45. The van der Waals surface area contributed by atoms with Crippen LogP contribution in [0.15, 0.2) is 72.1 Å². The number of benzene rings is 2. The Morgan fingerprint density at radius 1 is 0.843 bits per heavy atom. The molecule has 3 aromatic heterocycles. The van der Waals surface area contributed by atoms with Gasteiger partial charge in [-0.25, -0.2) is 26.1 Å². The molecular formula is C44H51N17O9. The minimum absolute atomic E-state index is 0.00169. The minimum Gasteiger partial charge on any atom is -0.480 e. The molecule has 2 aromatic carbocycles. The van der Waals surface area contributed by atoms with Gasteiger partial charge in [0.2, 0.25) is 23.7 Å². The Hall–Kier alpha value is -9.07. The van der Waals surface area contributed by atoms with Crippen LogP contribution in [0.1, 0.15) is 77.4 Å². The van der Waals surface area contributed by atoms with E-state index >= 15 is 0 Å². The van der Waals surface area contributed by atoms with Crippen molar-refractivity contribution in [3.05, 3.63) is 89.4 Å². The largest absolute Gasteiger partial charge is 0.480 e. The van der Waals surface area contributed by atoms with E-state index in [1.807, 2.05) is 10.1 Å². The number of hydrazone groups is 1. The summed E-state index contributed by atoms with van der Waals surface area (Å²) in [4.78, 5) is 118. The molecule has 7 amide bonds. The monoisotopic (exact) mass is 961 g/mol. The number of imide groups is 1. The van der Waals surface area contributed by atoms with Crippen molar-refractivity contribution in [3.8, 4) is 0 Å². The van der Waals surface area contributed by atoms with Gasteiger partial charge in [-0.3, -0.25) is 38.5 Å². The molecule has 26 nitrogen and oxygen atoms in total. The van der Waals surface area contributed by atoms with Gasteiger partial charge in [0, 0.05) is 65.6 Å². The highest BCUT2D eigenvalue weighted by Crippen LogP contribution is 2.21. The molecule has 0 saturated carbocycles. The van der Waals surface area contributed by atoms with Gasteiger partial charge in [0.1, 0.15) is 12.1 Å². The molecule has 0 radical (unpaired) electrons. The number of hydrogen-bond acceptors (Lipinski definition) is 17. The zero-order chi connectivity index (χ0) is 50.5. The predicted octanol–water partition coefficient (Wildman–Crippen LogP) is -0.891. The van der Waals surface area contributed by atoms with Crippen molar-refractivity contribution >= 4 is 92.7 Å². The molecule has 0 spiro atoms. The normalized spacial score (nSPS) is 13.2. The number of fused-ring (bicyclic) bond motifs is 2. The number of nitrogen functional groups attached to an aromatic ring is 2. The number of nitrogens with one attached hydrogen (secondary N) is 6. The lowest BCUT2D eigenvalue weighted by molar-refractivity contribution is -0.139. The number of carboxylic acids is 1. The third-order valence-electron chi connectivity index (χ3n) is 10.8. The first-order chi connectivity index (χ1) is 33.5. The molecule has 4 heterocycles. The van der Waals surface area contributed by atoms with Crippen molar-refractivity contribution in [1.29, 1.82) is 0 Å².